The molecule has 1 heterocycles. The first-order valence-electron chi connectivity index (χ1n) is 12.4. The van der Waals surface area contributed by atoms with Crippen LogP contribution in [0.1, 0.15) is 115 Å². The lowest BCUT2D eigenvalue weighted by Crippen LogP contribution is -1.85. The van der Waals surface area contributed by atoms with Gasteiger partial charge >= 0.3 is 0 Å². The Morgan fingerprint density at radius 3 is 1.79 bits per heavy atom. The van der Waals surface area contributed by atoms with Crippen molar-refractivity contribution in [3.05, 3.63) is 23.8 Å². The summed E-state index contributed by atoms with van der Waals surface area (Å²) in [7, 11) is 0. The fraction of sp³-hybridized carbons (Fsp3) is 0.731. The van der Waals surface area contributed by atoms with Crippen LogP contribution in [0.25, 0.3) is 11.0 Å². The maximum Gasteiger partial charge on any atom is 0.166 e. The van der Waals surface area contributed by atoms with Crippen LogP contribution in [0, 0.1) is 6.92 Å². The highest BCUT2D eigenvalue weighted by atomic mass is 32.2. The number of hydrogen-bond acceptors (Lipinski definition) is 2. The van der Waals surface area contributed by atoms with E-state index in [-0.39, 0.29) is 0 Å². The van der Waals surface area contributed by atoms with E-state index in [0.29, 0.717) is 0 Å². The Bertz CT molecular complexity index is 649. The lowest BCUT2D eigenvalue weighted by Gasteiger charge is -2.03. The van der Waals surface area contributed by atoms with E-state index in [2.05, 4.69) is 42.0 Å². The number of aromatic nitrogens is 2. The first-order valence-corrected chi connectivity index (χ1v) is 13.4. The van der Waals surface area contributed by atoms with Crippen molar-refractivity contribution in [3.63, 3.8) is 0 Å². The van der Waals surface area contributed by atoms with Crippen LogP contribution < -0.4 is 0 Å². The van der Waals surface area contributed by atoms with E-state index in [4.69, 9.17) is 0 Å². The minimum absolute atomic E-state index is 1.08. The zero-order chi connectivity index (χ0) is 20.6. The Balaban J connectivity index is 1.33. The van der Waals surface area contributed by atoms with Crippen LogP contribution in [0.15, 0.2) is 23.4 Å². The van der Waals surface area contributed by atoms with Crippen LogP contribution in [0.4, 0.5) is 0 Å². The van der Waals surface area contributed by atoms with E-state index in [0.717, 1.165) is 10.7 Å². The van der Waals surface area contributed by atoms with Gasteiger partial charge in [0.25, 0.3) is 0 Å². The number of imidazole rings is 1. The molecule has 1 aromatic heterocycles. The van der Waals surface area contributed by atoms with Crippen LogP contribution in [0.2, 0.25) is 0 Å². The molecule has 164 valence electrons. The first kappa shape index (κ1) is 24.3. The summed E-state index contributed by atoms with van der Waals surface area (Å²) in [6.07, 6.45) is 22.9. The third-order valence-corrected chi connectivity index (χ3v) is 6.81. The number of nitrogens with zero attached hydrogens (tertiary/aromatic N) is 1. The van der Waals surface area contributed by atoms with E-state index < -0.39 is 0 Å². The van der Waals surface area contributed by atoms with Crippen molar-refractivity contribution in [1.82, 2.24) is 9.97 Å². The summed E-state index contributed by atoms with van der Waals surface area (Å²) in [6, 6.07) is 6.42. The van der Waals surface area contributed by atoms with Crippen LogP contribution in [0.5, 0.6) is 0 Å². The van der Waals surface area contributed by atoms with Gasteiger partial charge in [-0.2, -0.15) is 0 Å². The minimum atomic E-state index is 1.08. The molecule has 0 bridgehead atoms. The second kappa shape index (κ2) is 15.8. The molecule has 0 amide bonds. The quantitative estimate of drug-likeness (QED) is 0.194. The van der Waals surface area contributed by atoms with Gasteiger partial charge < -0.3 is 4.98 Å². The third kappa shape index (κ3) is 11.1. The highest BCUT2D eigenvalue weighted by molar-refractivity contribution is 7.99. The molecule has 3 heteroatoms. The summed E-state index contributed by atoms with van der Waals surface area (Å²) in [5.41, 5.74) is 3.54. The normalized spacial score (nSPS) is 11.5. The number of thioether (sulfide) groups is 1. The maximum atomic E-state index is 4.67. The van der Waals surface area contributed by atoms with Crippen molar-refractivity contribution in [1.29, 1.82) is 0 Å². The average Bonchev–Trinajstić information content (AvgIpc) is 3.12. The summed E-state index contributed by atoms with van der Waals surface area (Å²) in [4.78, 5) is 8.11. The Morgan fingerprint density at radius 1 is 0.724 bits per heavy atom. The largest absolute Gasteiger partial charge is 0.333 e. The number of aromatic amines is 1. The van der Waals surface area contributed by atoms with E-state index in [9.17, 15) is 0 Å². The Labute approximate surface area is 184 Å². The zero-order valence-corrected chi connectivity index (χ0v) is 19.9. The van der Waals surface area contributed by atoms with Crippen LogP contribution >= 0.6 is 11.8 Å². The molecular weight excluding hydrogens is 372 g/mol. The molecule has 0 radical (unpaired) electrons. The van der Waals surface area contributed by atoms with Gasteiger partial charge in [0.1, 0.15) is 0 Å². The van der Waals surface area contributed by atoms with Crippen molar-refractivity contribution in [3.8, 4) is 0 Å². The molecular formula is C26H44N2S. The van der Waals surface area contributed by atoms with Gasteiger partial charge in [-0.05, 0) is 31.0 Å². The van der Waals surface area contributed by atoms with Crippen molar-refractivity contribution in [2.45, 2.75) is 122 Å². The molecule has 2 aromatic rings. The SMILES string of the molecule is CCCCCCCCCCCCCCCCCCSc1nc2ccc(C)cc2[nH]1. The van der Waals surface area contributed by atoms with Gasteiger partial charge in [-0.25, -0.2) is 4.98 Å². The molecule has 0 aliphatic rings. The highest BCUT2D eigenvalue weighted by Gasteiger charge is 2.03. The van der Waals surface area contributed by atoms with Gasteiger partial charge in [0, 0.05) is 5.75 Å². The number of H-pyrrole nitrogens is 1. The molecule has 0 saturated carbocycles. The Kier molecular flexibility index (Phi) is 13.3. The molecule has 1 N–H and O–H groups in total. The van der Waals surface area contributed by atoms with Crippen molar-refractivity contribution in [2.75, 3.05) is 5.75 Å². The summed E-state index contributed by atoms with van der Waals surface area (Å²) < 4.78 is 0. The smallest absolute Gasteiger partial charge is 0.166 e. The van der Waals surface area contributed by atoms with Gasteiger partial charge in [0.15, 0.2) is 5.16 Å². The van der Waals surface area contributed by atoms with E-state index in [1.54, 1.807) is 0 Å². The lowest BCUT2D eigenvalue weighted by molar-refractivity contribution is 0.531. The summed E-state index contributed by atoms with van der Waals surface area (Å²) in [5.74, 6) is 1.18. The number of unbranched alkanes of at least 4 members (excludes halogenated alkanes) is 15. The number of hydrogen-bond donors (Lipinski definition) is 1. The topological polar surface area (TPSA) is 28.7 Å². The number of fused-ring (bicyclic) bond motifs is 1. The van der Waals surface area contributed by atoms with Crippen LogP contribution in [0.3, 0.4) is 0 Å². The standard InChI is InChI=1S/C26H44N2S/c1-3-4-5-6-7-8-9-10-11-12-13-14-15-16-17-18-21-29-26-27-24-20-19-23(2)22-25(24)28-26/h19-20,22H,3-18,21H2,1-2H3,(H,27,28). The van der Waals surface area contributed by atoms with Gasteiger partial charge in [0.05, 0.1) is 11.0 Å². The highest BCUT2D eigenvalue weighted by Crippen LogP contribution is 2.22. The second-order valence-corrected chi connectivity index (χ2v) is 9.80. The average molecular weight is 417 g/mol. The summed E-state index contributed by atoms with van der Waals surface area (Å²) in [6.45, 7) is 4.42. The van der Waals surface area contributed by atoms with Gasteiger partial charge in [0.2, 0.25) is 0 Å². The third-order valence-electron chi connectivity index (χ3n) is 5.85. The zero-order valence-electron chi connectivity index (χ0n) is 19.1. The Morgan fingerprint density at radius 2 is 1.24 bits per heavy atom. The molecule has 1 aromatic carbocycles. The molecule has 0 spiro atoms. The first-order chi connectivity index (χ1) is 14.3. The molecule has 0 unspecified atom stereocenters. The monoisotopic (exact) mass is 416 g/mol. The van der Waals surface area contributed by atoms with Crippen LogP contribution in [-0.2, 0) is 0 Å². The van der Waals surface area contributed by atoms with Gasteiger partial charge in [-0.3, -0.25) is 0 Å². The van der Waals surface area contributed by atoms with Gasteiger partial charge in [-0.15, -0.1) is 0 Å². The predicted octanol–water partition coefficient (Wildman–Crippen LogP) is 9.22. The Hall–Kier alpha value is -0.960. The molecule has 0 aliphatic carbocycles. The molecule has 0 aliphatic heterocycles. The minimum Gasteiger partial charge on any atom is -0.333 e. The molecule has 2 rings (SSSR count). The van der Waals surface area contributed by atoms with Gasteiger partial charge in [-0.1, -0.05) is 121 Å². The fourth-order valence-electron chi connectivity index (χ4n) is 3.99. The lowest BCUT2D eigenvalue weighted by atomic mass is 10.0. The molecule has 2 nitrogen and oxygen atoms in total. The molecule has 0 fully saturated rings. The fourth-order valence-corrected chi connectivity index (χ4v) is 4.87. The number of rotatable bonds is 18. The second-order valence-electron chi connectivity index (χ2n) is 8.71. The van der Waals surface area contributed by atoms with E-state index in [1.807, 2.05) is 11.8 Å². The molecule has 0 atom stereocenters. The van der Waals surface area contributed by atoms with Crippen LogP contribution in [-0.4, -0.2) is 15.7 Å². The maximum absolute atomic E-state index is 4.67. The summed E-state index contributed by atoms with van der Waals surface area (Å²) >= 11 is 1.87. The van der Waals surface area contributed by atoms with Crippen molar-refractivity contribution < 1.29 is 0 Å². The predicted molar refractivity (Wildman–Crippen MR) is 131 cm³/mol. The summed E-state index contributed by atoms with van der Waals surface area (Å²) in [5, 5.41) is 1.08. The molecule has 29 heavy (non-hydrogen) atoms. The van der Waals surface area contributed by atoms with Crippen molar-refractivity contribution in [2.24, 2.45) is 0 Å². The van der Waals surface area contributed by atoms with E-state index >= 15 is 0 Å². The number of aryl methyl sites for hydroxylation is 1. The van der Waals surface area contributed by atoms with Crippen molar-refractivity contribution >= 4 is 22.8 Å². The van der Waals surface area contributed by atoms with E-state index in [1.165, 1.54) is 120 Å². The molecule has 0 saturated heterocycles. The number of nitrogens with one attached hydrogen (secondary N) is 1. The number of benzene rings is 1.